The minimum Gasteiger partial charge on any atom is -0.453 e. The first-order valence-electron chi connectivity index (χ1n) is 8.24. The van der Waals surface area contributed by atoms with Crippen LogP contribution >= 0.6 is 27.7 Å². The lowest BCUT2D eigenvalue weighted by Crippen LogP contribution is -2.46. The molecule has 0 radical (unpaired) electrons. The van der Waals surface area contributed by atoms with Crippen LogP contribution in [0.25, 0.3) is 0 Å². The molecule has 6 nitrogen and oxygen atoms in total. The fraction of sp³-hybridized carbons (Fsp3) is 0.471. The van der Waals surface area contributed by atoms with E-state index in [0.29, 0.717) is 24.2 Å². The van der Waals surface area contributed by atoms with Gasteiger partial charge in [-0.3, -0.25) is 10.4 Å². The van der Waals surface area contributed by atoms with Crippen molar-refractivity contribution < 1.29 is 9.53 Å². The topological polar surface area (TPSA) is 69.0 Å². The van der Waals surface area contributed by atoms with Crippen molar-refractivity contribution in [3.05, 3.63) is 28.2 Å². The van der Waals surface area contributed by atoms with E-state index in [9.17, 15) is 4.79 Å². The minimum absolute atomic E-state index is 0.289. The van der Waals surface area contributed by atoms with Crippen LogP contribution in [0.15, 0.2) is 32.6 Å². The molecule has 1 aromatic carbocycles. The van der Waals surface area contributed by atoms with E-state index in [2.05, 4.69) is 22.0 Å². The van der Waals surface area contributed by atoms with Gasteiger partial charge < -0.3 is 14.5 Å². The molecule has 0 saturated heterocycles. The highest BCUT2D eigenvalue weighted by Gasteiger charge is 2.32. The van der Waals surface area contributed by atoms with E-state index in [-0.39, 0.29) is 6.09 Å². The van der Waals surface area contributed by atoms with Gasteiger partial charge in [0.15, 0.2) is 5.17 Å². The smallest absolute Gasteiger partial charge is 0.409 e. The lowest BCUT2D eigenvalue weighted by atomic mass is 10.0. The number of nitrogens with one attached hydrogen (secondary N) is 1. The molecule has 1 atom stereocenters. The Morgan fingerprint density at radius 1 is 1.56 bits per heavy atom. The van der Waals surface area contributed by atoms with E-state index in [1.54, 1.807) is 4.90 Å². The number of nitrogens with zero attached hydrogens (tertiary/aromatic N) is 3. The summed E-state index contributed by atoms with van der Waals surface area (Å²) in [5.74, 6) is 1.21. The van der Waals surface area contributed by atoms with Crippen LogP contribution in [-0.4, -0.2) is 60.2 Å². The predicted molar refractivity (Wildman–Crippen MR) is 104 cm³/mol. The van der Waals surface area contributed by atoms with E-state index in [0.717, 1.165) is 40.3 Å². The Morgan fingerprint density at radius 2 is 2.36 bits per heavy atom. The molecule has 25 heavy (non-hydrogen) atoms. The molecule has 2 aliphatic rings. The van der Waals surface area contributed by atoms with Crippen molar-refractivity contribution >= 4 is 44.8 Å². The number of hydrogen-bond donors (Lipinski definition) is 1. The molecule has 1 N–H and O–H groups in total. The third-order valence-electron chi connectivity index (χ3n) is 4.45. The van der Waals surface area contributed by atoms with E-state index < -0.39 is 0 Å². The number of ether oxygens (including phenoxy) is 1. The first kappa shape index (κ1) is 18.3. The maximum absolute atomic E-state index is 11.7. The van der Waals surface area contributed by atoms with Gasteiger partial charge in [-0.05, 0) is 37.5 Å². The molecule has 0 fully saturated rings. The number of hydrogen-bond acceptors (Lipinski definition) is 5. The summed E-state index contributed by atoms with van der Waals surface area (Å²) in [5, 5.41) is 8.87. The van der Waals surface area contributed by atoms with Gasteiger partial charge in [-0.25, -0.2) is 4.79 Å². The first-order valence-corrected chi connectivity index (χ1v) is 9.85. The molecule has 0 saturated carbocycles. The molecule has 0 spiro atoms. The van der Waals surface area contributed by atoms with Gasteiger partial charge in [0, 0.05) is 41.1 Å². The van der Waals surface area contributed by atoms with Gasteiger partial charge in [0.25, 0.3) is 0 Å². The number of benzene rings is 1. The van der Waals surface area contributed by atoms with Gasteiger partial charge in [-0.2, -0.15) is 0 Å². The number of carbonyl (C=O) groups excluding carboxylic acids is 1. The Bertz CT molecular complexity index is 725. The standard InChI is InChI=1S/C17H21BrN4O2S/c1-3-21(17(23)24-2)7-6-11-9-20-15-13-5-4-12(18)8-14(13)25-16(19)22(15)10-11/h4-5,8,11,19H,3,6-7,9-10H2,1-2H3. The quantitative estimate of drug-likeness (QED) is 0.800. The third kappa shape index (κ3) is 3.84. The average molecular weight is 425 g/mol. The number of rotatable bonds is 4. The van der Waals surface area contributed by atoms with E-state index in [4.69, 9.17) is 15.1 Å². The van der Waals surface area contributed by atoms with E-state index in [1.807, 2.05) is 24.0 Å². The lowest BCUT2D eigenvalue weighted by Gasteiger charge is -2.37. The zero-order chi connectivity index (χ0) is 18.0. The van der Waals surface area contributed by atoms with Gasteiger partial charge in [0.1, 0.15) is 5.84 Å². The van der Waals surface area contributed by atoms with E-state index >= 15 is 0 Å². The van der Waals surface area contributed by atoms with Crippen LogP contribution in [0.2, 0.25) is 0 Å². The van der Waals surface area contributed by atoms with Gasteiger partial charge in [0.05, 0.1) is 7.11 Å². The van der Waals surface area contributed by atoms with Crippen LogP contribution in [0.1, 0.15) is 18.9 Å². The SMILES string of the molecule is CCN(CCC1CN=C2c3ccc(Br)cc3SC(=N)N2C1)C(=O)OC. The second kappa shape index (κ2) is 7.78. The number of amides is 1. The zero-order valence-corrected chi connectivity index (χ0v) is 16.7. The molecule has 1 unspecified atom stereocenters. The number of methoxy groups -OCH3 is 1. The predicted octanol–water partition coefficient (Wildman–Crippen LogP) is 3.65. The summed E-state index contributed by atoms with van der Waals surface area (Å²) >= 11 is 4.95. The van der Waals surface area contributed by atoms with Crippen LogP contribution in [-0.2, 0) is 4.74 Å². The van der Waals surface area contributed by atoms with Crippen molar-refractivity contribution in [2.24, 2.45) is 10.9 Å². The van der Waals surface area contributed by atoms with Crippen molar-refractivity contribution in [1.82, 2.24) is 9.80 Å². The summed E-state index contributed by atoms with van der Waals surface area (Å²) in [7, 11) is 1.41. The normalized spacial score (nSPS) is 19.0. The molecule has 0 aromatic heterocycles. The van der Waals surface area contributed by atoms with Crippen LogP contribution in [0.4, 0.5) is 4.79 Å². The Kier molecular flexibility index (Phi) is 5.68. The number of amidine groups is 2. The van der Waals surface area contributed by atoms with Gasteiger partial charge >= 0.3 is 6.09 Å². The van der Waals surface area contributed by atoms with Crippen molar-refractivity contribution in [2.75, 3.05) is 33.3 Å². The fourth-order valence-corrected chi connectivity index (χ4v) is 4.51. The van der Waals surface area contributed by atoms with Crippen LogP contribution in [0.5, 0.6) is 0 Å². The summed E-state index contributed by atoms with van der Waals surface area (Å²) < 4.78 is 5.81. The molecule has 2 heterocycles. The molecule has 3 rings (SSSR count). The van der Waals surface area contributed by atoms with Crippen molar-refractivity contribution in [3.8, 4) is 0 Å². The van der Waals surface area contributed by atoms with Gasteiger partial charge in [0.2, 0.25) is 0 Å². The van der Waals surface area contributed by atoms with Crippen molar-refractivity contribution in [2.45, 2.75) is 18.2 Å². The van der Waals surface area contributed by atoms with Crippen LogP contribution < -0.4 is 0 Å². The highest BCUT2D eigenvalue weighted by atomic mass is 79.9. The number of halogens is 1. The van der Waals surface area contributed by atoms with Crippen LogP contribution in [0.3, 0.4) is 0 Å². The summed E-state index contributed by atoms with van der Waals surface area (Å²) in [6.45, 7) is 4.71. The maximum Gasteiger partial charge on any atom is 0.409 e. The number of thioether (sulfide) groups is 1. The van der Waals surface area contributed by atoms with Gasteiger partial charge in [-0.15, -0.1) is 0 Å². The molecule has 1 aromatic rings. The second-order valence-electron chi connectivity index (χ2n) is 6.03. The minimum atomic E-state index is -0.289. The van der Waals surface area contributed by atoms with E-state index in [1.165, 1.54) is 18.9 Å². The Balaban J connectivity index is 1.71. The molecule has 0 bridgehead atoms. The van der Waals surface area contributed by atoms with Crippen LogP contribution in [0, 0.1) is 11.3 Å². The van der Waals surface area contributed by atoms with Crippen molar-refractivity contribution in [3.63, 3.8) is 0 Å². The van der Waals surface area contributed by atoms with Gasteiger partial charge in [-0.1, -0.05) is 27.7 Å². The Hall–Kier alpha value is -1.54. The molecule has 1 amide bonds. The highest BCUT2D eigenvalue weighted by Crippen LogP contribution is 2.36. The Labute approximate surface area is 160 Å². The molecule has 0 aliphatic carbocycles. The molecule has 134 valence electrons. The first-order chi connectivity index (χ1) is 12.0. The maximum atomic E-state index is 11.7. The molecule has 8 heteroatoms. The lowest BCUT2D eigenvalue weighted by molar-refractivity contribution is 0.122. The monoisotopic (exact) mass is 424 g/mol. The molecular formula is C17H21BrN4O2S. The number of carbonyl (C=O) groups is 1. The second-order valence-corrected chi connectivity index (χ2v) is 7.97. The summed E-state index contributed by atoms with van der Waals surface area (Å²) in [6.07, 6.45) is 0.560. The fourth-order valence-electron chi connectivity index (χ4n) is 3.07. The molecule has 2 aliphatic heterocycles. The largest absolute Gasteiger partial charge is 0.453 e. The summed E-state index contributed by atoms with van der Waals surface area (Å²) in [5.41, 5.74) is 1.09. The summed E-state index contributed by atoms with van der Waals surface area (Å²) in [4.78, 5) is 21.2. The highest BCUT2D eigenvalue weighted by molar-refractivity contribution is 9.10. The molecular weight excluding hydrogens is 404 g/mol. The number of fused-ring (bicyclic) bond motifs is 3. The van der Waals surface area contributed by atoms with Crippen molar-refractivity contribution in [1.29, 1.82) is 5.41 Å². The zero-order valence-electron chi connectivity index (χ0n) is 14.3. The Morgan fingerprint density at radius 3 is 3.08 bits per heavy atom. The average Bonchev–Trinajstić information content (AvgIpc) is 2.62. The third-order valence-corrected chi connectivity index (χ3v) is 5.92. The summed E-state index contributed by atoms with van der Waals surface area (Å²) in [6, 6.07) is 6.10. The number of aliphatic imine (C=N–C) groups is 1.